The zero-order chi connectivity index (χ0) is 13.2. The van der Waals surface area contributed by atoms with Gasteiger partial charge in [0.1, 0.15) is 0 Å². The third-order valence-electron chi connectivity index (χ3n) is 4.15. The minimum atomic E-state index is 0.117. The van der Waals surface area contributed by atoms with Crippen LogP contribution in [0.3, 0.4) is 0 Å². The van der Waals surface area contributed by atoms with Crippen molar-refractivity contribution in [3.63, 3.8) is 0 Å². The summed E-state index contributed by atoms with van der Waals surface area (Å²) in [6, 6.07) is 6.14. The number of fused-ring (bicyclic) bond motifs is 1. The second kappa shape index (κ2) is 5.21. The van der Waals surface area contributed by atoms with Crippen molar-refractivity contribution in [1.29, 1.82) is 0 Å². The minimum Gasteiger partial charge on any atom is -0.399 e. The lowest BCUT2D eigenvalue weighted by Gasteiger charge is -2.23. The largest absolute Gasteiger partial charge is 0.399 e. The van der Waals surface area contributed by atoms with E-state index < -0.39 is 0 Å². The molecule has 1 aliphatic carbocycles. The summed E-state index contributed by atoms with van der Waals surface area (Å²) < 4.78 is 5.30. The van der Waals surface area contributed by atoms with E-state index in [9.17, 15) is 4.79 Å². The van der Waals surface area contributed by atoms with Crippen molar-refractivity contribution in [3.05, 3.63) is 29.3 Å². The third-order valence-corrected chi connectivity index (χ3v) is 4.15. The van der Waals surface area contributed by atoms with Crippen LogP contribution in [0.25, 0.3) is 0 Å². The molecule has 3 N–H and O–H groups in total. The number of ether oxygens (including phenoxy) is 1. The number of carbonyl (C=O) groups excluding carboxylic acids is 1. The zero-order valence-corrected chi connectivity index (χ0v) is 11.0. The number of amides is 1. The summed E-state index contributed by atoms with van der Waals surface area (Å²) in [5.41, 5.74) is 9.10. The second-order valence-electron chi connectivity index (χ2n) is 5.44. The van der Waals surface area contributed by atoms with Gasteiger partial charge in [0.25, 0.3) is 0 Å². The quantitative estimate of drug-likeness (QED) is 0.797. The smallest absolute Gasteiger partial charge is 0.223 e. The molecule has 0 bridgehead atoms. The number of nitrogens with two attached hydrogens (primary N) is 1. The summed E-state index contributed by atoms with van der Waals surface area (Å²) in [5, 5.41) is 3.19. The number of aryl methyl sites for hydroxylation is 1. The lowest BCUT2D eigenvalue weighted by atomic mass is 9.98. The Morgan fingerprint density at radius 3 is 2.84 bits per heavy atom. The van der Waals surface area contributed by atoms with Crippen LogP contribution in [0.2, 0.25) is 0 Å². The van der Waals surface area contributed by atoms with Gasteiger partial charge in [-0.15, -0.1) is 0 Å². The number of anilines is 1. The summed E-state index contributed by atoms with van der Waals surface area (Å²) in [6.45, 7) is 1.41. The molecule has 3 rings (SSSR count). The fourth-order valence-electron chi connectivity index (χ4n) is 3.04. The van der Waals surface area contributed by atoms with E-state index in [2.05, 4.69) is 5.32 Å². The maximum Gasteiger partial charge on any atom is 0.223 e. The monoisotopic (exact) mass is 260 g/mol. The van der Waals surface area contributed by atoms with Crippen molar-refractivity contribution < 1.29 is 9.53 Å². The summed E-state index contributed by atoms with van der Waals surface area (Å²) in [6.07, 6.45) is 3.66. The standard InChI is InChI=1S/C15H20N2O2/c16-12-2-3-13-11(9-12)1-4-14(13)17-15(18)10-5-7-19-8-6-10/h2-3,9-10,14H,1,4-8,16H2,(H,17,18). The lowest BCUT2D eigenvalue weighted by Crippen LogP contribution is -2.36. The first-order valence-electron chi connectivity index (χ1n) is 7.00. The van der Waals surface area contributed by atoms with Crippen LogP contribution in [0.15, 0.2) is 18.2 Å². The summed E-state index contributed by atoms with van der Waals surface area (Å²) in [5.74, 6) is 0.296. The Hall–Kier alpha value is -1.55. The Labute approximate surface area is 113 Å². The van der Waals surface area contributed by atoms with Crippen LogP contribution in [0.5, 0.6) is 0 Å². The molecule has 0 spiro atoms. The Balaban J connectivity index is 1.67. The molecule has 1 saturated heterocycles. The molecule has 19 heavy (non-hydrogen) atoms. The predicted molar refractivity (Wildman–Crippen MR) is 73.6 cm³/mol. The van der Waals surface area contributed by atoms with Gasteiger partial charge in [0, 0.05) is 24.8 Å². The minimum absolute atomic E-state index is 0.117. The summed E-state index contributed by atoms with van der Waals surface area (Å²) in [4.78, 5) is 12.2. The van der Waals surface area contributed by atoms with Gasteiger partial charge in [0.2, 0.25) is 5.91 Å². The zero-order valence-electron chi connectivity index (χ0n) is 11.0. The molecule has 1 amide bonds. The fraction of sp³-hybridized carbons (Fsp3) is 0.533. The molecule has 0 saturated carbocycles. The van der Waals surface area contributed by atoms with E-state index in [0.29, 0.717) is 13.2 Å². The highest BCUT2D eigenvalue weighted by Crippen LogP contribution is 2.32. The van der Waals surface area contributed by atoms with Crippen LogP contribution < -0.4 is 11.1 Å². The fourth-order valence-corrected chi connectivity index (χ4v) is 3.04. The van der Waals surface area contributed by atoms with E-state index >= 15 is 0 Å². The predicted octanol–water partition coefficient (Wildman–Crippen LogP) is 1.80. The van der Waals surface area contributed by atoms with Gasteiger partial charge in [-0.3, -0.25) is 4.79 Å². The van der Waals surface area contributed by atoms with Gasteiger partial charge >= 0.3 is 0 Å². The Morgan fingerprint density at radius 1 is 1.26 bits per heavy atom. The Bertz CT molecular complexity index is 481. The molecule has 4 nitrogen and oxygen atoms in total. The van der Waals surface area contributed by atoms with Gasteiger partial charge in [-0.1, -0.05) is 6.07 Å². The molecule has 1 aliphatic heterocycles. The molecule has 1 unspecified atom stereocenters. The summed E-state index contributed by atoms with van der Waals surface area (Å²) >= 11 is 0. The highest BCUT2D eigenvalue weighted by Gasteiger charge is 2.28. The Morgan fingerprint density at radius 2 is 2.05 bits per heavy atom. The van der Waals surface area contributed by atoms with Crippen molar-refractivity contribution in [2.45, 2.75) is 31.7 Å². The summed E-state index contributed by atoms with van der Waals surface area (Å²) in [7, 11) is 0. The van der Waals surface area contributed by atoms with Crippen LogP contribution in [-0.4, -0.2) is 19.1 Å². The number of carbonyl (C=O) groups is 1. The van der Waals surface area contributed by atoms with Gasteiger partial charge in [0.15, 0.2) is 0 Å². The topological polar surface area (TPSA) is 64.3 Å². The van der Waals surface area contributed by atoms with E-state index in [1.54, 1.807) is 0 Å². The number of hydrogen-bond acceptors (Lipinski definition) is 3. The second-order valence-corrected chi connectivity index (χ2v) is 5.44. The van der Waals surface area contributed by atoms with Crippen molar-refractivity contribution in [3.8, 4) is 0 Å². The molecule has 0 aromatic heterocycles. The van der Waals surface area contributed by atoms with E-state index in [-0.39, 0.29) is 17.9 Å². The maximum atomic E-state index is 12.2. The highest BCUT2D eigenvalue weighted by molar-refractivity contribution is 5.79. The van der Waals surface area contributed by atoms with Crippen molar-refractivity contribution in [1.82, 2.24) is 5.32 Å². The molecule has 102 valence electrons. The first kappa shape index (κ1) is 12.5. The lowest BCUT2D eigenvalue weighted by molar-refractivity contribution is -0.128. The third kappa shape index (κ3) is 2.59. The van der Waals surface area contributed by atoms with Crippen LogP contribution in [0.1, 0.15) is 36.4 Å². The molecule has 1 aromatic rings. The number of hydrogen-bond donors (Lipinski definition) is 2. The van der Waals surface area contributed by atoms with Crippen LogP contribution in [0.4, 0.5) is 5.69 Å². The number of nitrogen functional groups attached to an aromatic ring is 1. The maximum absolute atomic E-state index is 12.2. The average Bonchev–Trinajstić information content (AvgIpc) is 2.82. The van der Waals surface area contributed by atoms with E-state index in [4.69, 9.17) is 10.5 Å². The number of benzene rings is 1. The first-order chi connectivity index (χ1) is 9.24. The molecule has 1 fully saturated rings. The number of rotatable bonds is 2. The number of nitrogens with one attached hydrogen (secondary N) is 1. The molecular formula is C15H20N2O2. The van der Waals surface area contributed by atoms with Crippen molar-refractivity contribution in [2.24, 2.45) is 5.92 Å². The van der Waals surface area contributed by atoms with E-state index in [1.807, 2.05) is 18.2 Å². The van der Waals surface area contributed by atoms with Gasteiger partial charge in [-0.25, -0.2) is 0 Å². The molecular weight excluding hydrogens is 240 g/mol. The highest BCUT2D eigenvalue weighted by atomic mass is 16.5. The van der Waals surface area contributed by atoms with Crippen LogP contribution in [0, 0.1) is 5.92 Å². The normalized spacial score (nSPS) is 23.1. The molecule has 4 heteroatoms. The molecule has 1 aromatic carbocycles. The van der Waals surface area contributed by atoms with Crippen LogP contribution in [-0.2, 0) is 16.0 Å². The van der Waals surface area contributed by atoms with E-state index in [0.717, 1.165) is 31.4 Å². The van der Waals surface area contributed by atoms with Gasteiger partial charge < -0.3 is 15.8 Å². The average molecular weight is 260 g/mol. The SMILES string of the molecule is Nc1ccc2c(c1)CCC2NC(=O)C1CCOCC1. The van der Waals surface area contributed by atoms with Gasteiger partial charge in [0.05, 0.1) is 6.04 Å². The molecule has 1 heterocycles. The van der Waals surface area contributed by atoms with Crippen molar-refractivity contribution >= 4 is 11.6 Å². The van der Waals surface area contributed by atoms with Crippen LogP contribution >= 0.6 is 0 Å². The van der Waals surface area contributed by atoms with Gasteiger partial charge in [-0.05, 0) is 48.9 Å². The molecule has 1 atom stereocenters. The Kier molecular flexibility index (Phi) is 3.42. The van der Waals surface area contributed by atoms with Crippen molar-refractivity contribution in [2.75, 3.05) is 18.9 Å². The van der Waals surface area contributed by atoms with Gasteiger partial charge in [-0.2, -0.15) is 0 Å². The first-order valence-corrected chi connectivity index (χ1v) is 7.00. The molecule has 0 radical (unpaired) electrons. The van der Waals surface area contributed by atoms with E-state index in [1.165, 1.54) is 11.1 Å². The molecule has 2 aliphatic rings.